The van der Waals surface area contributed by atoms with Gasteiger partial charge in [0.05, 0.1) is 6.54 Å². The van der Waals surface area contributed by atoms with Crippen LogP contribution in [0.15, 0.2) is 30.2 Å². The summed E-state index contributed by atoms with van der Waals surface area (Å²) in [5.41, 5.74) is 0. The van der Waals surface area contributed by atoms with Crippen LogP contribution in [0.4, 0.5) is 0 Å². The van der Waals surface area contributed by atoms with E-state index in [9.17, 15) is 9.90 Å². The molecule has 0 radical (unpaired) electrons. The van der Waals surface area contributed by atoms with E-state index in [1.807, 2.05) is 17.5 Å². The third-order valence-corrected chi connectivity index (χ3v) is 4.55. The highest BCUT2D eigenvalue weighted by atomic mass is 35.5. The number of nitrogens with one attached hydrogen (secondary N) is 1. The van der Waals surface area contributed by atoms with E-state index in [2.05, 4.69) is 21.7 Å². The summed E-state index contributed by atoms with van der Waals surface area (Å²) in [6, 6.07) is 3.93. The van der Waals surface area contributed by atoms with Crippen molar-refractivity contribution < 1.29 is 9.90 Å². The normalized spacial score (nSPS) is 16.7. The van der Waals surface area contributed by atoms with Crippen molar-refractivity contribution in [2.75, 3.05) is 45.8 Å². The van der Waals surface area contributed by atoms with Gasteiger partial charge >= 0.3 is 0 Å². The number of aliphatic hydroxyl groups excluding tert-OH is 1. The summed E-state index contributed by atoms with van der Waals surface area (Å²) >= 11 is 1.59. The van der Waals surface area contributed by atoms with Crippen molar-refractivity contribution >= 4 is 42.1 Å². The van der Waals surface area contributed by atoms with Gasteiger partial charge in [0.15, 0.2) is 0 Å². The molecule has 1 fully saturated rings. The maximum absolute atomic E-state index is 11.6. The smallest absolute Gasteiger partial charge is 0.234 e. The Morgan fingerprint density at radius 3 is 2.57 bits per heavy atom. The molecule has 8 heteroatoms. The Bertz CT molecular complexity index is 452. The Hall–Kier alpha value is -0.630. The summed E-state index contributed by atoms with van der Waals surface area (Å²) < 4.78 is 0. The number of halogens is 2. The Labute approximate surface area is 154 Å². The van der Waals surface area contributed by atoms with Gasteiger partial charge in [0.25, 0.3) is 0 Å². The van der Waals surface area contributed by atoms with Crippen LogP contribution in [0.25, 0.3) is 0 Å². The number of hydrogen-bond acceptors (Lipinski definition) is 5. The number of rotatable bonds is 7. The molecular formula is C15H25Cl2N3O2S. The van der Waals surface area contributed by atoms with E-state index in [1.165, 1.54) is 0 Å². The molecule has 0 aromatic carbocycles. The average Bonchev–Trinajstić information content (AvgIpc) is 3.01. The van der Waals surface area contributed by atoms with E-state index in [0.29, 0.717) is 19.6 Å². The lowest BCUT2D eigenvalue weighted by molar-refractivity contribution is -0.122. The van der Waals surface area contributed by atoms with Crippen LogP contribution < -0.4 is 5.32 Å². The summed E-state index contributed by atoms with van der Waals surface area (Å²) in [7, 11) is 0. The second-order valence-electron chi connectivity index (χ2n) is 5.20. The Morgan fingerprint density at radius 1 is 1.35 bits per heavy atom. The second-order valence-corrected chi connectivity index (χ2v) is 6.18. The summed E-state index contributed by atoms with van der Waals surface area (Å²) in [6.45, 7) is 8.69. The first-order valence-electron chi connectivity index (χ1n) is 7.23. The van der Waals surface area contributed by atoms with E-state index in [4.69, 9.17) is 0 Å². The molecule has 1 saturated heterocycles. The number of nitrogens with zero attached hydrogens (tertiary/aromatic N) is 2. The molecule has 5 nitrogen and oxygen atoms in total. The maximum atomic E-state index is 11.6. The zero-order chi connectivity index (χ0) is 15.1. The van der Waals surface area contributed by atoms with E-state index in [1.54, 1.807) is 17.4 Å². The van der Waals surface area contributed by atoms with Crippen LogP contribution in [0.1, 0.15) is 11.0 Å². The fourth-order valence-corrected chi connectivity index (χ4v) is 3.09. The van der Waals surface area contributed by atoms with Gasteiger partial charge in [-0.2, -0.15) is 0 Å². The van der Waals surface area contributed by atoms with Crippen LogP contribution >= 0.6 is 36.2 Å². The van der Waals surface area contributed by atoms with Crippen molar-refractivity contribution in [3.8, 4) is 0 Å². The molecule has 1 aliphatic heterocycles. The molecule has 1 aromatic heterocycles. The molecule has 1 aliphatic rings. The van der Waals surface area contributed by atoms with Crippen LogP contribution in [0.5, 0.6) is 0 Å². The van der Waals surface area contributed by atoms with Gasteiger partial charge in [-0.3, -0.25) is 14.6 Å². The number of hydrogen-bond donors (Lipinski definition) is 2. The molecule has 1 atom stereocenters. The largest absolute Gasteiger partial charge is 0.386 e. The van der Waals surface area contributed by atoms with Crippen molar-refractivity contribution in [1.82, 2.24) is 15.1 Å². The van der Waals surface area contributed by atoms with E-state index < -0.39 is 6.10 Å². The van der Waals surface area contributed by atoms with Gasteiger partial charge in [0, 0.05) is 44.1 Å². The first-order valence-corrected chi connectivity index (χ1v) is 8.11. The van der Waals surface area contributed by atoms with Crippen molar-refractivity contribution in [3.05, 3.63) is 35.0 Å². The van der Waals surface area contributed by atoms with Crippen molar-refractivity contribution in [2.24, 2.45) is 0 Å². The van der Waals surface area contributed by atoms with E-state index in [0.717, 1.165) is 31.1 Å². The molecule has 0 aliphatic carbocycles. The van der Waals surface area contributed by atoms with Crippen molar-refractivity contribution in [1.29, 1.82) is 0 Å². The highest BCUT2D eigenvalue weighted by Crippen LogP contribution is 2.20. The Morgan fingerprint density at radius 2 is 2.00 bits per heavy atom. The van der Waals surface area contributed by atoms with E-state index in [-0.39, 0.29) is 30.7 Å². The van der Waals surface area contributed by atoms with Crippen LogP contribution in [0.2, 0.25) is 0 Å². The summed E-state index contributed by atoms with van der Waals surface area (Å²) in [6.07, 6.45) is 1.27. The van der Waals surface area contributed by atoms with Gasteiger partial charge in [-0.25, -0.2) is 0 Å². The lowest BCUT2D eigenvalue weighted by atomic mass is 10.2. The fourth-order valence-electron chi connectivity index (χ4n) is 2.39. The number of amides is 1. The lowest BCUT2D eigenvalue weighted by Gasteiger charge is -2.35. The number of carbonyl (C=O) groups excluding carboxylic acids is 1. The van der Waals surface area contributed by atoms with Gasteiger partial charge < -0.3 is 10.4 Å². The van der Waals surface area contributed by atoms with Crippen LogP contribution in [0.3, 0.4) is 0 Å². The Balaban J connectivity index is 0.00000242. The monoisotopic (exact) mass is 381 g/mol. The van der Waals surface area contributed by atoms with Gasteiger partial charge in [0.1, 0.15) is 6.10 Å². The molecule has 1 aromatic rings. The number of thiophene rings is 1. The zero-order valence-corrected chi connectivity index (χ0v) is 15.5. The highest BCUT2D eigenvalue weighted by Gasteiger charge is 2.21. The third kappa shape index (κ3) is 7.65. The first kappa shape index (κ1) is 22.4. The molecule has 2 N–H and O–H groups in total. The standard InChI is InChI=1S/C15H23N3O2S.2ClH/c1-2-5-16-15(20)12-18-8-6-17(7-9-18)11-13(19)14-4-3-10-21-14;;/h2-4,10,13,19H,1,5-9,11-12H2,(H,16,20);2*1H. The quantitative estimate of drug-likeness (QED) is 0.703. The molecule has 23 heavy (non-hydrogen) atoms. The molecule has 0 saturated carbocycles. The number of β-amino-alcohol motifs (C(OH)–C–C–N with tert-alkyl or cyclic N) is 1. The minimum Gasteiger partial charge on any atom is -0.386 e. The molecule has 132 valence electrons. The zero-order valence-electron chi connectivity index (χ0n) is 13.0. The van der Waals surface area contributed by atoms with Gasteiger partial charge in [-0.1, -0.05) is 12.1 Å². The SMILES string of the molecule is C=CCNC(=O)CN1CCN(CC(O)c2cccs2)CC1.Cl.Cl. The first-order chi connectivity index (χ1) is 10.2. The minimum absolute atomic E-state index is 0. The molecule has 1 unspecified atom stereocenters. The number of carbonyl (C=O) groups is 1. The summed E-state index contributed by atoms with van der Waals surface area (Å²) in [5.74, 6) is 0.0435. The summed E-state index contributed by atoms with van der Waals surface area (Å²) in [4.78, 5) is 17.0. The molecule has 2 heterocycles. The summed E-state index contributed by atoms with van der Waals surface area (Å²) in [5, 5.41) is 14.9. The van der Waals surface area contributed by atoms with Crippen molar-refractivity contribution in [2.45, 2.75) is 6.10 Å². The minimum atomic E-state index is -0.410. The second kappa shape index (κ2) is 11.8. The molecule has 1 amide bonds. The number of piperazine rings is 1. The van der Waals surface area contributed by atoms with E-state index >= 15 is 0 Å². The van der Waals surface area contributed by atoms with Crippen LogP contribution in [0, 0.1) is 0 Å². The average molecular weight is 382 g/mol. The predicted octanol–water partition coefficient (Wildman–Crippen LogP) is 1.54. The topological polar surface area (TPSA) is 55.8 Å². The molecule has 2 rings (SSSR count). The molecule has 0 spiro atoms. The van der Waals surface area contributed by atoms with Gasteiger partial charge in [-0.15, -0.1) is 42.7 Å². The maximum Gasteiger partial charge on any atom is 0.234 e. The lowest BCUT2D eigenvalue weighted by Crippen LogP contribution is -2.50. The van der Waals surface area contributed by atoms with Crippen LogP contribution in [-0.4, -0.2) is 66.6 Å². The third-order valence-electron chi connectivity index (χ3n) is 3.58. The van der Waals surface area contributed by atoms with Gasteiger partial charge in [0.2, 0.25) is 5.91 Å². The fraction of sp³-hybridized carbons (Fsp3) is 0.533. The molecule has 0 bridgehead atoms. The highest BCUT2D eigenvalue weighted by molar-refractivity contribution is 7.10. The van der Waals surface area contributed by atoms with Crippen LogP contribution in [-0.2, 0) is 4.79 Å². The van der Waals surface area contributed by atoms with Crippen molar-refractivity contribution in [3.63, 3.8) is 0 Å². The Kier molecular flexibility index (Phi) is 11.5. The van der Waals surface area contributed by atoms with Gasteiger partial charge in [-0.05, 0) is 11.4 Å². The molecular weight excluding hydrogens is 357 g/mol. The predicted molar refractivity (Wildman–Crippen MR) is 99.9 cm³/mol. The number of aliphatic hydroxyl groups is 1.